The van der Waals surface area contributed by atoms with Gasteiger partial charge >= 0.3 is 0 Å². The molecular weight excluding hydrogens is 416 g/mol. The highest BCUT2D eigenvalue weighted by Crippen LogP contribution is 2.32. The van der Waals surface area contributed by atoms with Crippen LogP contribution >= 0.6 is 23.4 Å². The predicted molar refractivity (Wildman–Crippen MR) is 118 cm³/mol. The highest BCUT2D eigenvalue weighted by atomic mass is 35.5. The molecule has 1 aliphatic rings. The van der Waals surface area contributed by atoms with Gasteiger partial charge in [0.1, 0.15) is 0 Å². The summed E-state index contributed by atoms with van der Waals surface area (Å²) in [4.78, 5) is 22.0. The number of hydrogen-bond acceptors (Lipinski definition) is 5. The molecule has 1 atom stereocenters. The molecule has 2 aromatic heterocycles. The smallest absolute Gasteiger partial charge is 0.253 e. The zero-order valence-electron chi connectivity index (χ0n) is 16.4. The quantitative estimate of drug-likeness (QED) is 0.408. The molecule has 0 bridgehead atoms. The summed E-state index contributed by atoms with van der Waals surface area (Å²) in [5, 5.41) is 5.85. The van der Waals surface area contributed by atoms with Gasteiger partial charge in [0.15, 0.2) is 5.78 Å². The topological polar surface area (TPSA) is 60.2 Å². The first-order valence-corrected chi connectivity index (χ1v) is 11.1. The van der Waals surface area contributed by atoms with E-state index in [-0.39, 0.29) is 11.7 Å². The molecule has 0 amide bonds. The monoisotopic (exact) mass is 434 g/mol. The molecule has 0 fully saturated rings. The van der Waals surface area contributed by atoms with Crippen molar-refractivity contribution >= 4 is 34.9 Å². The van der Waals surface area contributed by atoms with Gasteiger partial charge in [-0.1, -0.05) is 65.3 Å². The van der Waals surface area contributed by atoms with Crippen LogP contribution in [-0.2, 0) is 12.2 Å². The Kier molecular flexibility index (Phi) is 5.05. The lowest BCUT2D eigenvalue weighted by atomic mass is 9.82. The number of fused-ring (bicyclic) bond motifs is 2. The van der Waals surface area contributed by atoms with Crippen LogP contribution in [0.4, 0.5) is 0 Å². The van der Waals surface area contributed by atoms with Crippen molar-refractivity contribution in [2.75, 3.05) is 0 Å². The molecule has 150 valence electrons. The molecule has 5 rings (SSSR count). The standard InChI is InChI=1S/C23H19ClN4OS/c1-14-5-7-16(8-6-14)17-10-20-19(21(29)11-17)12-28-22(25-20)26-23(27-28)30-13-15-3-2-4-18(24)9-15/h2-9,12,17H,10-11,13H2,1H3/t17-/m1/s1. The maximum atomic E-state index is 12.8. The third kappa shape index (κ3) is 3.85. The average molecular weight is 435 g/mol. The number of hydrogen-bond donors (Lipinski definition) is 0. The van der Waals surface area contributed by atoms with Gasteiger partial charge in [0.05, 0.1) is 11.3 Å². The molecule has 7 heteroatoms. The van der Waals surface area contributed by atoms with Crippen LogP contribution in [0.15, 0.2) is 59.9 Å². The first-order valence-electron chi connectivity index (χ1n) is 9.78. The van der Waals surface area contributed by atoms with E-state index < -0.39 is 0 Å². The highest BCUT2D eigenvalue weighted by Gasteiger charge is 2.28. The SMILES string of the molecule is Cc1ccc([C@H]2CC(=O)c3cn4nc(SCc5cccc(Cl)c5)nc4nc3C2)cc1. The van der Waals surface area contributed by atoms with E-state index in [1.165, 1.54) is 22.9 Å². The lowest BCUT2D eigenvalue weighted by Gasteiger charge is -2.23. The molecular formula is C23H19ClN4OS. The Balaban J connectivity index is 1.40. The maximum Gasteiger partial charge on any atom is 0.253 e. The third-order valence-electron chi connectivity index (χ3n) is 5.37. The molecule has 0 N–H and O–H groups in total. The maximum absolute atomic E-state index is 12.8. The Hall–Kier alpha value is -2.70. The van der Waals surface area contributed by atoms with Gasteiger partial charge in [0.2, 0.25) is 5.16 Å². The van der Waals surface area contributed by atoms with Gasteiger partial charge in [0, 0.05) is 23.4 Å². The van der Waals surface area contributed by atoms with Gasteiger partial charge in [-0.15, -0.1) is 5.10 Å². The minimum atomic E-state index is 0.111. The van der Waals surface area contributed by atoms with Gasteiger partial charge < -0.3 is 0 Å². The van der Waals surface area contributed by atoms with Crippen molar-refractivity contribution in [1.29, 1.82) is 0 Å². The van der Waals surface area contributed by atoms with E-state index in [1.807, 2.05) is 24.3 Å². The second-order valence-electron chi connectivity index (χ2n) is 7.60. The fourth-order valence-electron chi connectivity index (χ4n) is 3.77. The first-order chi connectivity index (χ1) is 14.5. The zero-order chi connectivity index (χ0) is 20.7. The average Bonchev–Trinajstić information content (AvgIpc) is 3.13. The number of aromatic nitrogens is 4. The zero-order valence-corrected chi connectivity index (χ0v) is 18.0. The van der Waals surface area contributed by atoms with Gasteiger partial charge in [-0.05, 0) is 42.5 Å². The summed E-state index contributed by atoms with van der Waals surface area (Å²) in [6, 6.07) is 16.1. The van der Waals surface area contributed by atoms with E-state index in [1.54, 1.807) is 10.7 Å². The Labute approximate surface area is 183 Å². The Morgan fingerprint density at radius 1 is 1.13 bits per heavy atom. The minimum Gasteiger partial charge on any atom is -0.294 e. The van der Waals surface area contributed by atoms with Crippen LogP contribution in [-0.4, -0.2) is 25.4 Å². The number of carbonyl (C=O) groups excluding carboxylic acids is 1. The molecule has 5 nitrogen and oxygen atoms in total. The first kappa shape index (κ1) is 19.3. The summed E-state index contributed by atoms with van der Waals surface area (Å²) >= 11 is 7.58. The minimum absolute atomic E-state index is 0.111. The van der Waals surface area contributed by atoms with Crippen LogP contribution < -0.4 is 0 Å². The predicted octanol–water partition coefficient (Wildman–Crippen LogP) is 5.29. The fraction of sp³-hybridized carbons (Fsp3) is 0.217. The number of rotatable bonds is 4. The van der Waals surface area contributed by atoms with Crippen LogP contribution in [0.3, 0.4) is 0 Å². The van der Waals surface area contributed by atoms with Gasteiger partial charge in [-0.2, -0.15) is 4.98 Å². The summed E-state index contributed by atoms with van der Waals surface area (Å²) < 4.78 is 1.61. The number of thioether (sulfide) groups is 1. The lowest BCUT2D eigenvalue weighted by Crippen LogP contribution is -2.21. The van der Waals surface area contributed by atoms with E-state index in [4.69, 9.17) is 11.6 Å². The number of carbonyl (C=O) groups is 1. The molecule has 2 aromatic carbocycles. The molecule has 0 saturated carbocycles. The molecule has 0 spiro atoms. The second kappa shape index (κ2) is 7.85. The van der Waals surface area contributed by atoms with Crippen LogP contribution in [0.1, 0.15) is 45.1 Å². The van der Waals surface area contributed by atoms with E-state index in [2.05, 4.69) is 46.3 Å². The van der Waals surface area contributed by atoms with Crippen molar-refractivity contribution in [3.63, 3.8) is 0 Å². The molecule has 4 aromatic rings. The Bertz CT molecular complexity index is 1250. The summed E-state index contributed by atoms with van der Waals surface area (Å²) in [7, 11) is 0. The Morgan fingerprint density at radius 3 is 2.77 bits per heavy atom. The van der Waals surface area contributed by atoms with Crippen molar-refractivity contribution in [1.82, 2.24) is 19.6 Å². The summed E-state index contributed by atoms with van der Waals surface area (Å²) in [5.41, 5.74) is 4.97. The van der Waals surface area contributed by atoms with Crippen LogP contribution in [0.5, 0.6) is 0 Å². The molecule has 0 unspecified atom stereocenters. The number of Topliss-reactive ketones (excluding diaryl/α,β-unsaturated/α-hetero) is 1. The van der Waals surface area contributed by atoms with Crippen molar-refractivity contribution in [2.45, 2.75) is 36.6 Å². The van der Waals surface area contributed by atoms with Crippen LogP contribution in [0.2, 0.25) is 5.02 Å². The number of halogens is 1. The molecule has 0 radical (unpaired) electrons. The largest absolute Gasteiger partial charge is 0.294 e. The number of nitrogens with zero attached hydrogens (tertiary/aromatic N) is 4. The summed E-state index contributed by atoms with van der Waals surface area (Å²) in [6.07, 6.45) is 3.01. The van der Waals surface area contributed by atoms with E-state index in [0.29, 0.717) is 33.7 Å². The highest BCUT2D eigenvalue weighted by molar-refractivity contribution is 7.98. The van der Waals surface area contributed by atoms with Crippen molar-refractivity contribution in [3.05, 3.63) is 87.7 Å². The second-order valence-corrected chi connectivity index (χ2v) is 8.98. The Morgan fingerprint density at radius 2 is 1.97 bits per heavy atom. The van der Waals surface area contributed by atoms with E-state index in [0.717, 1.165) is 17.7 Å². The normalized spacial score (nSPS) is 16.1. The number of benzene rings is 2. The van der Waals surface area contributed by atoms with Gasteiger partial charge in [-0.25, -0.2) is 9.50 Å². The molecule has 0 aliphatic heterocycles. The third-order valence-corrected chi connectivity index (χ3v) is 6.51. The van der Waals surface area contributed by atoms with Gasteiger partial charge in [0.25, 0.3) is 5.78 Å². The molecule has 1 aliphatic carbocycles. The number of aryl methyl sites for hydroxylation is 1. The van der Waals surface area contributed by atoms with Crippen molar-refractivity contribution in [3.8, 4) is 0 Å². The number of ketones is 1. The van der Waals surface area contributed by atoms with Crippen molar-refractivity contribution in [2.24, 2.45) is 0 Å². The van der Waals surface area contributed by atoms with Crippen molar-refractivity contribution < 1.29 is 4.79 Å². The van der Waals surface area contributed by atoms with E-state index >= 15 is 0 Å². The summed E-state index contributed by atoms with van der Waals surface area (Å²) in [5.74, 6) is 1.51. The lowest BCUT2D eigenvalue weighted by molar-refractivity contribution is 0.0962. The molecule has 2 heterocycles. The van der Waals surface area contributed by atoms with Crippen LogP contribution in [0, 0.1) is 6.92 Å². The fourth-order valence-corrected chi connectivity index (χ4v) is 4.75. The molecule has 0 saturated heterocycles. The van der Waals surface area contributed by atoms with E-state index in [9.17, 15) is 4.79 Å². The molecule has 30 heavy (non-hydrogen) atoms. The van der Waals surface area contributed by atoms with Crippen LogP contribution in [0.25, 0.3) is 5.78 Å². The summed E-state index contributed by atoms with van der Waals surface area (Å²) in [6.45, 7) is 2.07. The van der Waals surface area contributed by atoms with Gasteiger partial charge in [-0.3, -0.25) is 4.79 Å².